The highest BCUT2D eigenvalue weighted by Crippen LogP contribution is 2.25. The molecular weight excluding hydrogens is 354 g/mol. The first-order valence-electron chi connectivity index (χ1n) is 10.1. The molecule has 1 saturated heterocycles. The van der Waals surface area contributed by atoms with Crippen molar-refractivity contribution in [3.05, 3.63) is 46.8 Å². The molecule has 1 unspecified atom stereocenters. The molecule has 1 aliphatic rings. The van der Waals surface area contributed by atoms with Crippen molar-refractivity contribution in [2.45, 2.75) is 47.0 Å². The van der Waals surface area contributed by atoms with Gasteiger partial charge in [-0.3, -0.25) is 9.59 Å². The van der Waals surface area contributed by atoms with E-state index in [0.29, 0.717) is 31.7 Å². The third-order valence-corrected chi connectivity index (χ3v) is 5.38. The predicted octanol–water partition coefficient (Wildman–Crippen LogP) is 3.47. The summed E-state index contributed by atoms with van der Waals surface area (Å²) in [6.45, 7) is 9.21. The second kappa shape index (κ2) is 8.59. The van der Waals surface area contributed by atoms with Crippen molar-refractivity contribution in [3.63, 3.8) is 0 Å². The zero-order valence-corrected chi connectivity index (χ0v) is 17.2. The molecule has 1 aromatic carbocycles. The fourth-order valence-electron chi connectivity index (χ4n) is 3.95. The second-order valence-corrected chi connectivity index (χ2v) is 7.30. The molecule has 0 N–H and O–H groups in total. The number of ether oxygens (including phenoxy) is 1. The lowest BCUT2D eigenvalue weighted by molar-refractivity contribution is -0.149. The quantitative estimate of drug-likeness (QED) is 0.742. The minimum absolute atomic E-state index is 0.0387. The van der Waals surface area contributed by atoms with Crippen LogP contribution in [0.2, 0.25) is 0 Å². The molecule has 6 heteroatoms. The third kappa shape index (κ3) is 3.81. The minimum atomic E-state index is -0.241. The van der Waals surface area contributed by atoms with Gasteiger partial charge in [0.1, 0.15) is 0 Å². The number of para-hydroxylation sites is 1. The van der Waals surface area contributed by atoms with Gasteiger partial charge in [-0.05, 0) is 51.7 Å². The maximum atomic E-state index is 13.4. The van der Waals surface area contributed by atoms with Crippen LogP contribution in [0.1, 0.15) is 54.0 Å². The summed E-state index contributed by atoms with van der Waals surface area (Å²) < 4.78 is 7.06. The van der Waals surface area contributed by atoms with Gasteiger partial charge in [0.25, 0.3) is 5.91 Å². The lowest BCUT2D eigenvalue weighted by Crippen LogP contribution is -2.43. The fourth-order valence-corrected chi connectivity index (χ4v) is 3.95. The number of carbonyl (C=O) groups is 2. The topological polar surface area (TPSA) is 64.4 Å². The van der Waals surface area contributed by atoms with Crippen LogP contribution in [0.25, 0.3) is 5.69 Å². The Morgan fingerprint density at radius 1 is 1.21 bits per heavy atom. The summed E-state index contributed by atoms with van der Waals surface area (Å²) in [6.07, 6.45) is 2.28. The van der Waals surface area contributed by atoms with E-state index in [0.717, 1.165) is 35.5 Å². The van der Waals surface area contributed by atoms with Crippen LogP contribution in [-0.4, -0.2) is 46.3 Å². The first-order chi connectivity index (χ1) is 13.5. The van der Waals surface area contributed by atoms with Gasteiger partial charge in [-0.15, -0.1) is 0 Å². The van der Waals surface area contributed by atoms with Gasteiger partial charge < -0.3 is 9.64 Å². The molecule has 0 spiro atoms. The van der Waals surface area contributed by atoms with E-state index in [1.54, 1.807) is 11.8 Å². The Kier molecular flexibility index (Phi) is 6.17. The third-order valence-electron chi connectivity index (χ3n) is 5.38. The van der Waals surface area contributed by atoms with Crippen LogP contribution < -0.4 is 0 Å². The zero-order valence-electron chi connectivity index (χ0n) is 17.2. The van der Waals surface area contributed by atoms with E-state index in [1.807, 2.05) is 49.7 Å². The van der Waals surface area contributed by atoms with Crippen molar-refractivity contribution in [1.82, 2.24) is 14.7 Å². The van der Waals surface area contributed by atoms with E-state index in [9.17, 15) is 9.59 Å². The molecule has 0 saturated carbocycles. The van der Waals surface area contributed by atoms with E-state index >= 15 is 0 Å². The molecule has 6 nitrogen and oxygen atoms in total. The SMILES string of the molecule is CCOC(=O)C1CCCN(C(=O)c2c(C)nn(-c3ccccc3C)c2CC)C1. The van der Waals surface area contributed by atoms with Crippen LogP contribution in [0.3, 0.4) is 0 Å². The molecule has 1 amide bonds. The van der Waals surface area contributed by atoms with Gasteiger partial charge >= 0.3 is 5.97 Å². The Labute approximate surface area is 166 Å². The molecule has 0 radical (unpaired) electrons. The van der Waals surface area contributed by atoms with Crippen LogP contribution in [0, 0.1) is 19.8 Å². The smallest absolute Gasteiger partial charge is 0.310 e. The van der Waals surface area contributed by atoms with Crippen LogP contribution in [0.4, 0.5) is 0 Å². The zero-order chi connectivity index (χ0) is 20.3. The van der Waals surface area contributed by atoms with E-state index in [-0.39, 0.29) is 17.8 Å². The van der Waals surface area contributed by atoms with Crippen molar-refractivity contribution < 1.29 is 14.3 Å². The van der Waals surface area contributed by atoms with E-state index < -0.39 is 0 Å². The maximum absolute atomic E-state index is 13.4. The summed E-state index contributed by atoms with van der Waals surface area (Å²) in [5.41, 5.74) is 4.40. The predicted molar refractivity (Wildman–Crippen MR) is 108 cm³/mol. The summed E-state index contributed by atoms with van der Waals surface area (Å²) in [4.78, 5) is 27.3. The molecule has 28 heavy (non-hydrogen) atoms. The van der Waals surface area contributed by atoms with Gasteiger partial charge in [0.05, 0.1) is 35.2 Å². The number of hydrogen-bond acceptors (Lipinski definition) is 4. The van der Waals surface area contributed by atoms with Gasteiger partial charge in [-0.2, -0.15) is 5.10 Å². The molecular formula is C22H29N3O3. The van der Waals surface area contributed by atoms with E-state index in [4.69, 9.17) is 4.74 Å². The highest BCUT2D eigenvalue weighted by Gasteiger charge is 2.32. The van der Waals surface area contributed by atoms with Crippen LogP contribution in [0.5, 0.6) is 0 Å². The van der Waals surface area contributed by atoms with Gasteiger partial charge in [0.15, 0.2) is 0 Å². The lowest BCUT2D eigenvalue weighted by atomic mass is 9.97. The molecule has 150 valence electrons. The van der Waals surface area contributed by atoms with Gasteiger partial charge in [-0.25, -0.2) is 4.68 Å². The van der Waals surface area contributed by atoms with E-state index in [2.05, 4.69) is 5.10 Å². The number of carbonyl (C=O) groups excluding carboxylic acids is 2. The maximum Gasteiger partial charge on any atom is 0.310 e. The molecule has 2 aromatic rings. The molecule has 1 aliphatic heterocycles. The first-order valence-corrected chi connectivity index (χ1v) is 10.1. The van der Waals surface area contributed by atoms with Crippen molar-refractivity contribution >= 4 is 11.9 Å². The summed E-state index contributed by atoms with van der Waals surface area (Å²) in [7, 11) is 0. The number of hydrogen-bond donors (Lipinski definition) is 0. The Morgan fingerprint density at radius 3 is 2.64 bits per heavy atom. The summed E-state index contributed by atoms with van der Waals surface area (Å²) >= 11 is 0. The standard InChI is InChI=1S/C22H29N3O3/c1-5-18-20(16(4)23-25(18)19-12-8-7-10-15(19)3)21(26)24-13-9-11-17(14-24)22(27)28-6-2/h7-8,10,12,17H,5-6,9,11,13-14H2,1-4H3. The average molecular weight is 383 g/mol. The highest BCUT2D eigenvalue weighted by atomic mass is 16.5. The number of likely N-dealkylation sites (tertiary alicyclic amines) is 1. The summed E-state index contributed by atoms with van der Waals surface area (Å²) in [5.74, 6) is -0.485. The van der Waals surface area contributed by atoms with Crippen LogP contribution in [-0.2, 0) is 16.0 Å². The van der Waals surface area contributed by atoms with Crippen LogP contribution in [0.15, 0.2) is 24.3 Å². The number of aryl methyl sites for hydroxylation is 2. The Balaban J connectivity index is 1.92. The molecule has 1 atom stereocenters. The lowest BCUT2D eigenvalue weighted by Gasteiger charge is -2.31. The number of rotatable bonds is 5. The monoisotopic (exact) mass is 383 g/mol. The Hall–Kier alpha value is -2.63. The molecule has 2 heterocycles. The number of amides is 1. The minimum Gasteiger partial charge on any atom is -0.466 e. The van der Waals surface area contributed by atoms with Crippen LogP contribution >= 0.6 is 0 Å². The average Bonchev–Trinajstić information content (AvgIpc) is 3.04. The largest absolute Gasteiger partial charge is 0.466 e. The molecule has 1 aromatic heterocycles. The Morgan fingerprint density at radius 2 is 1.96 bits per heavy atom. The summed E-state index contributed by atoms with van der Waals surface area (Å²) in [5, 5.41) is 4.69. The van der Waals surface area contributed by atoms with Gasteiger partial charge in [0, 0.05) is 13.1 Å². The summed E-state index contributed by atoms with van der Waals surface area (Å²) in [6, 6.07) is 8.04. The normalized spacial score (nSPS) is 16.9. The fraction of sp³-hybridized carbons (Fsp3) is 0.500. The highest BCUT2D eigenvalue weighted by molar-refractivity contribution is 5.97. The Bertz CT molecular complexity index is 872. The van der Waals surface area contributed by atoms with E-state index in [1.165, 1.54) is 0 Å². The van der Waals surface area contributed by atoms with Crippen molar-refractivity contribution in [2.75, 3.05) is 19.7 Å². The number of benzene rings is 1. The number of esters is 1. The van der Waals surface area contributed by atoms with Crippen molar-refractivity contribution in [2.24, 2.45) is 5.92 Å². The molecule has 0 bridgehead atoms. The number of piperidine rings is 1. The van der Waals surface area contributed by atoms with Gasteiger partial charge in [-0.1, -0.05) is 25.1 Å². The van der Waals surface area contributed by atoms with Crippen molar-refractivity contribution in [3.8, 4) is 5.69 Å². The molecule has 3 rings (SSSR count). The molecule has 1 fully saturated rings. The molecule has 0 aliphatic carbocycles. The second-order valence-electron chi connectivity index (χ2n) is 7.30. The van der Waals surface area contributed by atoms with Crippen molar-refractivity contribution in [1.29, 1.82) is 0 Å². The number of nitrogens with zero attached hydrogens (tertiary/aromatic N) is 3. The number of aromatic nitrogens is 2. The van der Waals surface area contributed by atoms with Gasteiger partial charge in [0.2, 0.25) is 0 Å². The first kappa shape index (κ1) is 20.1.